The Morgan fingerprint density at radius 3 is 2.83 bits per heavy atom. The Morgan fingerprint density at radius 2 is 2.12 bits per heavy atom. The summed E-state index contributed by atoms with van der Waals surface area (Å²) in [7, 11) is 0. The lowest BCUT2D eigenvalue weighted by atomic mass is 9.99. The molecule has 1 fully saturated rings. The lowest BCUT2D eigenvalue weighted by molar-refractivity contribution is 0.427. The Balaban J connectivity index is 1.65. The number of anilines is 1. The predicted octanol–water partition coefficient (Wildman–Crippen LogP) is 2.31. The lowest BCUT2D eigenvalue weighted by Crippen LogP contribution is -2.43. The van der Waals surface area contributed by atoms with Gasteiger partial charge in [-0.25, -0.2) is 9.37 Å². The number of nitrogens with zero attached hydrogens (tertiary/aromatic N) is 2. The summed E-state index contributed by atoms with van der Waals surface area (Å²) in [5.74, 6) is 1.22. The fourth-order valence-electron chi connectivity index (χ4n) is 3.04. The molecular formula is C19H25FN4. The van der Waals surface area contributed by atoms with Crippen LogP contribution in [0.15, 0.2) is 54.3 Å². The van der Waals surface area contributed by atoms with Gasteiger partial charge in [0.2, 0.25) is 0 Å². The molecule has 2 atom stereocenters. The number of hydrogen-bond acceptors (Lipinski definition) is 4. The summed E-state index contributed by atoms with van der Waals surface area (Å²) in [4.78, 5) is 6.94. The molecule has 0 aromatic carbocycles. The van der Waals surface area contributed by atoms with Crippen LogP contribution >= 0.6 is 0 Å². The maximum Gasteiger partial charge on any atom is 0.128 e. The number of hydrogen-bond donors (Lipinski definition) is 2. The molecule has 2 aliphatic rings. The third-order valence-electron chi connectivity index (χ3n) is 4.44. The minimum Gasteiger partial charge on any atom is -0.354 e. The number of aromatic nitrogens is 1. The van der Waals surface area contributed by atoms with Gasteiger partial charge in [-0.05, 0) is 23.6 Å². The van der Waals surface area contributed by atoms with Crippen molar-refractivity contribution in [3.05, 3.63) is 59.8 Å². The highest BCUT2D eigenvalue weighted by molar-refractivity contribution is 5.43. The SMILES string of the molecule is NC(CF)CC1=CC=CC(c2ccc(N3CCNCC3)nc2)C=C1. The molecule has 4 nitrogen and oxygen atoms in total. The number of piperazine rings is 1. The molecule has 24 heavy (non-hydrogen) atoms. The predicted molar refractivity (Wildman–Crippen MR) is 97.0 cm³/mol. The maximum atomic E-state index is 12.6. The normalized spacial score (nSPS) is 22.2. The number of pyridine rings is 1. The molecule has 1 aromatic rings. The third-order valence-corrected chi connectivity index (χ3v) is 4.44. The first-order valence-corrected chi connectivity index (χ1v) is 8.55. The first kappa shape index (κ1) is 16.9. The fourth-order valence-corrected chi connectivity index (χ4v) is 3.04. The third kappa shape index (κ3) is 4.30. The van der Waals surface area contributed by atoms with Crippen molar-refractivity contribution in [2.24, 2.45) is 5.73 Å². The first-order valence-electron chi connectivity index (χ1n) is 8.55. The second kappa shape index (κ2) is 8.22. The summed E-state index contributed by atoms with van der Waals surface area (Å²) in [6.45, 7) is 3.52. The smallest absolute Gasteiger partial charge is 0.128 e. The van der Waals surface area contributed by atoms with Crippen LogP contribution in [0, 0.1) is 0 Å². The zero-order chi connectivity index (χ0) is 16.8. The minimum atomic E-state index is -0.490. The van der Waals surface area contributed by atoms with Crippen LogP contribution < -0.4 is 16.0 Å². The van der Waals surface area contributed by atoms with Gasteiger partial charge in [-0.1, -0.05) is 36.4 Å². The summed E-state index contributed by atoms with van der Waals surface area (Å²) < 4.78 is 12.6. The van der Waals surface area contributed by atoms with E-state index < -0.39 is 12.7 Å². The van der Waals surface area contributed by atoms with E-state index in [-0.39, 0.29) is 5.92 Å². The van der Waals surface area contributed by atoms with Gasteiger partial charge in [0.05, 0.1) is 0 Å². The van der Waals surface area contributed by atoms with Gasteiger partial charge in [0.15, 0.2) is 0 Å². The van der Waals surface area contributed by atoms with Crippen molar-refractivity contribution < 1.29 is 4.39 Å². The van der Waals surface area contributed by atoms with Gasteiger partial charge >= 0.3 is 0 Å². The molecule has 1 aliphatic heterocycles. The molecule has 5 heteroatoms. The van der Waals surface area contributed by atoms with E-state index in [0.29, 0.717) is 6.42 Å². The van der Waals surface area contributed by atoms with Crippen LogP contribution in [0.25, 0.3) is 0 Å². The van der Waals surface area contributed by atoms with Crippen LogP contribution in [0.2, 0.25) is 0 Å². The van der Waals surface area contributed by atoms with Gasteiger partial charge < -0.3 is 16.0 Å². The second-order valence-electron chi connectivity index (χ2n) is 6.32. The second-order valence-corrected chi connectivity index (χ2v) is 6.32. The zero-order valence-corrected chi connectivity index (χ0v) is 13.9. The minimum absolute atomic E-state index is 0.185. The van der Waals surface area contributed by atoms with Gasteiger partial charge in [-0.3, -0.25) is 0 Å². The Hall–Kier alpha value is -1.98. The van der Waals surface area contributed by atoms with Crippen LogP contribution in [0.3, 0.4) is 0 Å². The summed E-state index contributed by atoms with van der Waals surface area (Å²) in [5.41, 5.74) is 7.91. The number of halogens is 1. The highest BCUT2D eigenvalue weighted by Gasteiger charge is 2.13. The van der Waals surface area contributed by atoms with E-state index in [4.69, 9.17) is 5.73 Å². The molecule has 0 saturated carbocycles. The van der Waals surface area contributed by atoms with Gasteiger partial charge in [-0.15, -0.1) is 0 Å². The summed E-state index contributed by atoms with van der Waals surface area (Å²) >= 11 is 0. The van der Waals surface area contributed by atoms with E-state index in [2.05, 4.69) is 39.5 Å². The largest absolute Gasteiger partial charge is 0.354 e. The van der Waals surface area contributed by atoms with E-state index in [1.165, 1.54) is 0 Å². The molecule has 128 valence electrons. The van der Waals surface area contributed by atoms with Gasteiger partial charge in [-0.2, -0.15) is 0 Å². The lowest BCUT2D eigenvalue weighted by Gasteiger charge is -2.28. The van der Waals surface area contributed by atoms with E-state index in [1.54, 1.807) is 0 Å². The number of rotatable bonds is 5. The summed E-state index contributed by atoms with van der Waals surface area (Å²) in [6.07, 6.45) is 12.8. The van der Waals surface area contributed by atoms with Crippen LogP contribution in [-0.4, -0.2) is 43.9 Å². The van der Waals surface area contributed by atoms with Crippen LogP contribution in [0.1, 0.15) is 17.9 Å². The van der Waals surface area contributed by atoms with Gasteiger partial charge in [0, 0.05) is 44.3 Å². The fraction of sp³-hybridized carbons (Fsp3) is 0.421. The first-order chi connectivity index (χ1) is 11.8. The Labute approximate surface area is 142 Å². The van der Waals surface area contributed by atoms with Crippen molar-refractivity contribution in [1.82, 2.24) is 10.3 Å². The Bertz CT molecular complexity index is 615. The van der Waals surface area contributed by atoms with E-state index in [9.17, 15) is 4.39 Å². The Kier molecular flexibility index (Phi) is 5.77. The Morgan fingerprint density at radius 1 is 1.29 bits per heavy atom. The topological polar surface area (TPSA) is 54.2 Å². The standard InChI is InChI=1S/C19H25FN4/c20-13-18(21)12-15-2-1-3-16(5-4-15)17-6-7-19(23-14-17)24-10-8-22-9-11-24/h1-7,14,16,18,22H,8-13,21H2. The van der Waals surface area contributed by atoms with E-state index in [0.717, 1.165) is 43.1 Å². The molecule has 1 aliphatic carbocycles. The number of nitrogens with two attached hydrogens (primary N) is 1. The van der Waals surface area contributed by atoms with Crippen LogP contribution in [0.4, 0.5) is 10.2 Å². The summed E-state index contributed by atoms with van der Waals surface area (Å²) in [6, 6.07) is 3.81. The highest BCUT2D eigenvalue weighted by Crippen LogP contribution is 2.24. The van der Waals surface area contributed by atoms with Crippen molar-refractivity contribution in [3.63, 3.8) is 0 Å². The molecule has 1 saturated heterocycles. The quantitative estimate of drug-likeness (QED) is 0.871. The zero-order valence-electron chi connectivity index (χ0n) is 13.9. The van der Waals surface area contributed by atoms with Crippen molar-refractivity contribution in [2.75, 3.05) is 37.8 Å². The molecule has 0 bridgehead atoms. The van der Waals surface area contributed by atoms with Crippen molar-refractivity contribution >= 4 is 5.82 Å². The molecule has 3 rings (SSSR count). The average Bonchev–Trinajstić information content (AvgIpc) is 2.88. The van der Waals surface area contributed by atoms with Crippen LogP contribution in [-0.2, 0) is 0 Å². The molecule has 1 aromatic heterocycles. The summed E-state index contributed by atoms with van der Waals surface area (Å²) in [5, 5.41) is 3.35. The molecule has 0 radical (unpaired) electrons. The molecular weight excluding hydrogens is 303 g/mol. The molecule has 0 amide bonds. The van der Waals surface area contributed by atoms with Gasteiger partial charge in [0.25, 0.3) is 0 Å². The molecule has 3 N–H and O–H groups in total. The maximum absolute atomic E-state index is 12.6. The van der Waals surface area contributed by atoms with Crippen LogP contribution in [0.5, 0.6) is 0 Å². The number of nitrogens with one attached hydrogen (secondary N) is 1. The molecule has 2 unspecified atom stereocenters. The number of alkyl halides is 1. The monoisotopic (exact) mass is 328 g/mol. The van der Waals surface area contributed by atoms with E-state index in [1.807, 2.05) is 24.4 Å². The average molecular weight is 328 g/mol. The van der Waals surface area contributed by atoms with Crippen molar-refractivity contribution in [1.29, 1.82) is 0 Å². The highest BCUT2D eigenvalue weighted by atomic mass is 19.1. The van der Waals surface area contributed by atoms with E-state index >= 15 is 0 Å². The number of allylic oxidation sites excluding steroid dienone is 5. The van der Waals surface area contributed by atoms with Crippen molar-refractivity contribution in [2.45, 2.75) is 18.4 Å². The van der Waals surface area contributed by atoms with Gasteiger partial charge in [0.1, 0.15) is 12.5 Å². The van der Waals surface area contributed by atoms with Crippen molar-refractivity contribution in [3.8, 4) is 0 Å². The molecule has 2 heterocycles. The molecule has 0 spiro atoms.